The van der Waals surface area contributed by atoms with Gasteiger partial charge in [-0.25, -0.2) is 9.59 Å². The minimum Gasteiger partial charge on any atom is -0.481 e. The van der Waals surface area contributed by atoms with Crippen LogP contribution in [-0.2, 0) is 14.3 Å². The lowest BCUT2D eigenvalue weighted by atomic mass is 10.0. The van der Waals surface area contributed by atoms with Gasteiger partial charge in [-0.05, 0) is 67.4 Å². The molecule has 196 valence electrons. The van der Waals surface area contributed by atoms with Gasteiger partial charge in [-0.3, -0.25) is 4.79 Å². The van der Waals surface area contributed by atoms with Crippen LogP contribution in [0.5, 0.6) is 5.75 Å². The average Bonchev–Trinajstić information content (AvgIpc) is 2.72. The third-order valence-corrected chi connectivity index (χ3v) is 5.01. The number of ether oxygens (including phenoxy) is 3. The molecule has 1 fully saturated rings. The van der Waals surface area contributed by atoms with Crippen molar-refractivity contribution in [3.05, 3.63) is 17.7 Å². The highest BCUT2D eigenvalue weighted by Crippen LogP contribution is 2.30. The number of nitrogens with zero attached hydrogens (tertiary/aromatic N) is 1. The maximum atomic E-state index is 13.1. The van der Waals surface area contributed by atoms with Crippen LogP contribution in [0.4, 0.5) is 16.2 Å². The summed E-state index contributed by atoms with van der Waals surface area (Å²) in [7, 11) is 0. The van der Waals surface area contributed by atoms with Crippen molar-refractivity contribution >= 4 is 29.3 Å². The normalized spacial score (nSPS) is 14.8. The molecular formula is C25H40N4O6. The van der Waals surface area contributed by atoms with E-state index in [0.717, 1.165) is 0 Å². The summed E-state index contributed by atoms with van der Waals surface area (Å²) in [5.41, 5.74) is 6.15. The van der Waals surface area contributed by atoms with Gasteiger partial charge >= 0.3 is 12.1 Å². The highest BCUT2D eigenvalue weighted by Gasteiger charge is 2.28. The summed E-state index contributed by atoms with van der Waals surface area (Å²) in [5, 5.41) is 6.12. The summed E-state index contributed by atoms with van der Waals surface area (Å²) in [5.74, 6) is -0.681. The van der Waals surface area contributed by atoms with Crippen LogP contribution >= 0.6 is 0 Å². The molecule has 0 unspecified atom stereocenters. The summed E-state index contributed by atoms with van der Waals surface area (Å²) in [4.78, 5) is 39.2. The van der Waals surface area contributed by atoms with Crippen molar-refractivity contribution in [3.8, 4) is 5.75 Å². The summed E-state index contributed by atoms with van der Waals surface area (Å²) in [6.07, 6.45) is 0.820. The van der Waals surface area contributed by atoms with Gasteiger partial charge in [0.05, 0.1) is 16.9 Å². The maximum absolute atomic E-state index is 13.1. The average molecular weight is 493 g/mol. The van der Waals surface area contributed by atoms with Crippen molar-refractivity contribution in [3.63, 3.8) is 0 Å². The van der Waals surface area contributed by atoms with Gasteiger partial charge in [-0.2, -0.15) is 0 Å². The third-order valence-electron chi connectivity index (χ3n) is 5.01. The number of likely N-dealkylation sites (tertiary alicyclic amines) is 1. The molecule has 0 radical (unpaired) electrons. The number of amides is 2. The molecule has 2 rings (SSSR count). The van der Waals surface area contributed by atoms with Crippen molar-refractivity contribution in [1.29, 1.82) is 0 Å². The predicted molar refractivity (Wildman–Crippen MR) is 135 cm³/mol. The molecule has 1 aromatic carbocycles. The molecule has 0 aliphatic carbocycles. The van der Waals surface area contributed by atoms with Gasteiger partial charge in [0.2, 0.25) is 0 Å². The number of nitrogens with one attached hydrogen (secondary N) is 2. The van der Waals surface area contributed by atoms with Gasteiger partial charge in [0.25, 0.3) is 5.91 Å². The zero-order valence-electron chi connectivity index (χ0n) is 21.9. The first-order valence-corrected chi connectivity index (χ1v) is 12.0. The lowest BCUT2D eigenvalue weighted by Crippen LogP contribution is -2.47. The van der Waals surface area contributed by atoms with Crippen molar-refractivity contribution in [2.75, 3.05) is 37.3 Å². The van der Waals surface area contributed by atoms with Crippen molar-refractivity contribution in [2.45, 2.75) is 78.6 Å². The topological polar surface area (TPSA) is 132 Å². The Bertz CT molecular complexity index is 912. The Balaban J connectivity index is 2.08. The van der Waals surface area contributed by atoms with Gasteiger partial charge in [-0.1, -0.05) is 0 Å². The van der Waals surface area contributed by atoms with E-state index in [0.29, 0.717) is 43.9 Å². The molecule has 10 heteroatoms. The van der Waals surface area contributed by atoms with Gasteiger partial charge in [-0.15, -0.1) is 0 Å². The maximum Gasteiger partial charge on any atom is 0.410 e. The minimum atomic E-state index is -0.648. The van der Waals surface area contributed by atoms with E-state index < -0.39 is 17.2 Å². The van der Waals surface area contributed by atoms with E-state index >= 15 is 0 Å². The predicted octanol–water partition coefficient (Wildman–Crippen LogP) is 3.55. The molecule has 4 N–H and O–H groups in total. The van der Waals surface area contributed by atoms with Gasteiger partial charge in [0.1, 0.15) is 17.0 Å². The van der Waals surface area contributed by atoms with E-state index in [-0.39, 0.29) is 36.0 Å². The third kappa shape index (κ3) is 9.18. The standard InChI is InChI=1S/C25H40N4O6/c1-8-27-19-14-20(33-15-21(30)34-24(2,3)4)17(13-18(19)26)22(31)28-16-9-11-29(12-10-16)23(32)35-25(5,6)7/h13-14,16,27H,8-12,15,26H2,1-7H3,(H,28,31). The summed E-state index contributed by atoms with van der Waals surface area (Å²) < 4.78 is 16.4. The first kappa shape index (κ1) is 28.1. The monoisotopic (exact) mass is 492 g/mol. The van der Waals surface area contributed by atoms with Crippen LogP contribution in [0, 0.1) is 0 Å². The number of hydrogen-bond acceptors (Lipinski definition) is 8. The van der Waals surface area contributed by atoms with Crippen molar-refractivity contribution < 1.29 is 28.6 Å². The fourth-order valence-electron chi connectivity index (χ4n) is 3.54. The highest BCUT2D eigenvalue weighted by atomic mass is 16.6. The van der Waals surface area contributed by atoms with Crippen LogP contribution in [0.15, 0.2) is 12.1 Å². The molecule has 0 bridgehead atoms. The Kier molecular flexibility index (Phi) is 9.23. The zero-order chi connectivity index (χ0) is 26.4. The van der Waals surface area contributed by atoms with E-state index in [2.05, 4.69) is 10.6 Å². The molecular weight excluding hydrogens is 452 g/mol. The molecule has 10 nitrogen and oxygen atoms in total. The second-order valence-electron chi connectivity index (χ2n) is 10.6. The van der Waals surface area contributed by atoms with Crippen molar-refractivity contribution in [1.82, 2.24) is 10.2 Å². The molecule has 1 heterocycles. The van der Waals surface area contributed by atoms with E-state index in [1.807, 2.05) is 27.7 Å². The largest absolute Gasteiger partial charge is 0.481 e. The number of carbonyl (C=O) groups is 3. The Labute approximate surface area is 207 Å². The number of carbonyl (C=O) groups excluding carboxylic acids is 3. The summed E-state index contributed by atoms with van der Waals surface area (Å²) >= 11 is 0. The number of anilines is 2. The van der Waals surface area contributed by atoms with E-state index in [1.165, 1.54) is 6.07 Å². The van der Waals surface area contributed by atoms with E-state index in [1.54, 1.807) is 31.7 Å². The highest BCUT2D eigenvalue weighted by molar-refractivity contribution is 5.99. The van der Waals surface area contributed by atoms with E-state index in [9.17, 15) is 14.4 Å². The molecule has 35 heavy (non-hydrogen) atoms. The number of benzene rings is 1. The number of nitrogen functional groups attached to an aromatic ring is 1. The molecule has 1 aliphatic rings. The number of piperidine rings is 1. The Morgan fingerprint density at radius 1 is 1.03 bits per heavy atom. The Hall–Kier alpha value is -3.17. The SMILES string of the molecule is CCNc1cc(OCC(=O)OC(C)(C)C)c(C(=O)NC2CCN(C(=O)OC(C)(C)C)CC2)cc1N. The first-order chi connectivity index (χ1) is 16.2. The van der Waals surface area contributed by atoms with Crippen LogP contribution in [0.3, 0.4) is 0 Å². The molecule has 0 atom stereocenters. The zero-order valence-corrected chi connectivity index (χ0v) is 21.9. The van der Waals surface area contributed by atoms with Gasteiger partial charge in [0.15, 0.2) is 6.61 Å². The number of hydrogen-bond donors (Lipinski definition) is 3. The van der Waals surface area contributed by atoms with Crippen LogP contribution in [0.1, 0.15) is 71.7 Å². The molecule has 0 saturated carbocycles. The second-order valence-corrected chi connectivity index (χ2v) is 10.6. The molecule has 1 saturated heterocycles. The molecule has 2 amide bonds. The quantitative estimate of drug-likeness (QED) is 0.389. The van der Waals surface area contributed by atoms with Crippen molar-refractivity contribution in [2.24, 2.45) is 0 Å². The fraction of sp³-hybridized carbons (Fsp3) is 0.640. The number of rotatable bonds is 7. The molecule has 0 aromatic heterocycles. The molecule has 1 aromatic rings. The lowest BCUT2D eigenvalue weighted by molar-refractivity contribution is -0.157. The van der Waals surface area contributed by atoms with Crippen LogP contribution in [0.2, 0.25) is 0 Å². The smallest absolute Gasteiger partial charge is 0.410 e. The van der Waals surface area contributed by atoms with Crippen LogP contribution in [0.25, 0.3) is 0 Å². The Morgan fingerprint density at radius 2 is 1.63 bits per heavy atom. The minimum absolute atomic E-state index is 0.130. The second kappa shape index (κ2) is 11.5. The first-order valence-electron chi connectivity index (χ1n) is 12.0. The summed E-state index contributed by atoms with van der Waals surface area (Å²) in [6, 6.07) is 3.02. The lowest BCUT2D eigenvalue weighted by Gasteiger charge is -2.33. The fourth-order valence-corrected chi connectivity index (χ4v) is 3.54. The van der Waals surface area contributed by atoms with Gasteiger partial charge < -0.3 is 35.5 Å². The van der Waals surface area contributed by atoms with E-state index in [4.69, 9.17) is 19.9 Å². The number of esters is 1. The number of nitrogens with two attached hydrogens (primary N) is 1. The summed E-state index contributed by atoms with van der Waals surface area (Å²) in [6.45, 7) is 13.9. The van der Waals surface area contributed by atoms with Crippen LogP contribution in [-0.4, -0.2) is 66.4 Å². The molecule has 1 aliphatic heterocycles. The Morgan fingerprint density at radius 3 is 2.17 bits per heavy atom. The molecule has 0 spiro atoms. The van der Waals surface area contributed by atoms with Crippen LogP contribution < -0.4 is 21.1 Å². The van der Waals surface area contributed by atoms with Gasteiger partial charge in [0, 0.05) is 31.7 Å².